The van der Waals surface area contributed by atoms with Crippen LogP contribution >= 0.6 is 11.3 Å². The number of carboxylic acid groups (broad SMARTS) is 1. The number of aliphatic hydroxyl groups excluding tert-OH is 1. The molecule has 0 amide bonds. The van der Waals surface area contributed by atoms with Crippen LogP contribution in [0.25, 0.3) is 0 Å². The maximum absolute atomic E-state index is 11.4. The second kappa shape index (κ2) is 6.08. The standard InChI is InChI=1S/C16H18N2O3S/c17-15-13(16(20)21)11-6-7-18(12(9-19)14(11)22-15)8-10-4-2-1-3-5-10/h1-5,12,19H,6-9,17H2,(H,20,21). The van der Waals surface area contributed by atoms with Gasteiger partial charge in [-0.05, 0) is 17.5 Å². The van der Waals surface area contributed by atoms with Crippen molar-refractivity contribution in [3.05, 3.63) is 51.9 Å². The first-order valence-corrected chi connectivity index (χ1v) is 7.96. The molecule has 0 bridgehead atoms. The molecule has 1 aromatic heterocycles. The van der Waals surface area contributed by atoms with Crippen LogP contribution in [0.4, 0.5) is 5.00 Å². The molecule has 2 aromatic rings. The topological polar surface area (TPSA) is 86.8 Å². The number of nitrogen functional groups attached to an aromatic ring is 1. The van der Waals surface area contributed by atoms with Crippen LogP contribution in [0.3, 0.4) is 0 Å². The number of carbonyl (C=O) groups is 1. The van der Waals surface area contributed by atoms with Gasteiger partial charge in [0.25, 0.3) is 0 Å². The van der Waals surface area contributed by atoms with Crippen molar-refractivity contribution in [1.29, 1.82) is 0 Å². The lowest BCUT2D eigenvalue weighted by Gasteiger charge is -2.34. The van der Waals surface area contributed by atoms with Crippen molar-refractivity contribution in [3.63, 3.8) is 0 Å². The molecule has 2 heterocycles. The first-order valence-electron chi connectivity index (χ1n) is 7.15. The van der Waals surface area contributed by atoms with Crippen molar-refractivity contribution in [3.8, 4) is 0 Å². The monoisotopic (exact) mass is 318 g/mol. The minimum Gasteiger partial charge on any atom is -0.478 e. The fourth-order valence-electron chi connectivity index (χ4n) is 3.04. The Morgan fingerprint density at radius 2 is 2.09 bits per heavy atom. The summed E-state index contributed by atoms with van der Waals surface area (Å²) in [6.07, 6.45) is 0.647. The molecule has 3 rings (SSSR count). The van der Waals surface area contributed by atoms with E-state index in [1.165, 1.54) is 16.9 Å². The molecule has 1 unspecified atom stereocenters. The molecule has 0 saturated carbocycles. The van der Waals surface area contributed by atoms with Gasteiger partial charge >= 0.3 is 5.97 Å². The molecule has 5 nitrogen and oxygen atoms in total. The van der Waals surface area contributed by atoms with E-state index in [0.717, 1.165) is 17.0 Å². The smallest absolute Gasteiger partial charge is 0.338 e. The number of nitrogens with zero attached hydrogens (tertiary/aromatic N) is 1. The van der Waals surface area contributed by atoms with Crippen LogP contribution in [0.1, 0.15) is 32.4 Å². The fraction of sp³-hybridized carbons (Fsp3) is 0.312. The van der Waals surface area contributed by atoms with Crippen LogP contribution in [0.15, 0.2) is 30.3 Å². The number of carboxylic acids is 1. The van der Waals surface area contributed by atoms with Crippen LogP contribution in [-0.2, 0) is 13.0 Å². The summed E-state index contributed by atoms with van der Waals surface area (Å²) in [5.41, 5.74) is 8.06. The van der Waals surface area contributed by atoms with E-state index in [0.29, 0.717) is 18.0 Å². The molecular formula is C16H18N2O3S. The van der Waals surface area contributed by atoms with Gasteiger partial charge in [-0.25, -0.2) is 4.79 Å². The third kappa shape index (κ3) is 2.61. The first-order chi connectivity index (χ1) is 10.6. The summed E-state index contributed by atoms with van der Waals surface area (Å²) >= 11 is 1.29. The van der Waals surface area contributed by atoms with Gasteiger partial charge in [-0.2, -0.15) is 0 Å². The van der Waals surface area contributed by atoms with Crippen LogP contribution in [-0.4, -0.2) is 34.2 Å². The van der Waals surface area contributed by atoms with Crippen LogP contribution in [0, 0.1) is 0 Å². The highest BCUT2D eigenvalue weighted by Crippen LogP contribution is 2.41. The zero-order valence-corrected chi connectivity index (χ0v) is 12.8. The van der Waals surface area contributed by atoms with Crippen molar-refractivity contribution in [1.82, 2.24) is 4.90 Å². The van der Waals surface area contributed by atoms with Gasteiger partial charge in [0, 0.05) is 18.0 Å². The molecule has 22 heavy (non-hydrogen) atoms. The maximum Gasteiger partial charge on any atom is 0.338 e. The molecule has 0 radical (unpaired) electrons. The molecule has 1 aliphatic heterocycles. The highest BCUT2D eigenvalue weighted by Gasteiger charge is 2.33. The van der Waals surface area contributed by atoms with Gasteiger partial charge in [-0.3, -0.25) is 4.90 Å². The molecule has 1 atom stereocenters. The summed E-state index contributed by atoms with van der Waals surface area (Å²) in [6.45, 7) is 1.40. The molecule has 0 spiro atoms. The van der Waals surface area contributed by atoms with Crippen molar-refractivity contribution < 1.29 is 15.0 Å². The summed E-state index contributed by atoms with van der Waals surface area (Å²) in [6, 6.07) is 9.87. The van der Waals surface area contributed by atoms with Gasteiger partial charge in [0.2, 0.25) is 0 Å². The number of nitrogens with two attached hydrogens (primary N) is 1. The second-order valence-electron chi connectivity index (χ2n) is 5.39. The van der Waals surface area contributed by atoms with Gasteiger partial charge in [0.15, 0.2) is 0 Å². The van der Waals surface area contributed by atoms with E-state index in [4.69, 9.17) is 5.73 Å². The van der Waals surface area contributed by atoms with Gasteiger partial charge < -0.3 is 15.9 Å². The maximum atomic E-state index is 11.4. The molecule has 1 aliphatic rings. The van der Waals surface area contributed by atoms with Crippen molar-refractivity contribution in [2.45, 2.75) is 19.0 Å². The first kappa shape index (κ1) is 15.0. The van der Waals surface area contributed by atoms with E-state index in [9.17, 15) is 15.0 Å². The van der Waals surface area contributed by atoms with Crippen molar-refractivity contribution in [2.75, 3.05) is 18.9 Å². The van der Waals surface area contributed by atoms with E-state index < -0.39 is 5.97 Å². The van der Waals surface area contributed by atoms with E-state index in [-0.39, 0.29) is 18.2 Å². The molecule has 1 aromatic carbocycles. The number of thiophene rings is 1. The lowest BCUT2D eigenvalue weighted by molar-refractivity contribution is 0.0693. The molecule has 4 N–H and O–H groups in total. The average molecular weight is 318 g/mol. The minimum atomic E-state index is -0.983. The van der Waals surface area contributed by atoms with E-state index in [2.05, 4.69) is 17.0 Å². The number of benzene rings is 1. The zero-order valence-electron chi connectivity index (χ0n) is 12.0. The highest BCUT2D eigenvalue weighted by molar-refractivity contribution is 7.16. The quantitative estimate of drug-likeness (QED) is 0.804. The van der Waals surface area contributed by atoms with E-state index in [1.54, 1.807) is 0 Å². The molecule has 6 heteroatoms. The number of anilines is 1. The Balaban J connectivity index is 1.92. The molecular weight excluding hydrogens is 300 g/mol. The van der Waals surface area contributed by atoms with Crippen molar-refractivity contribution in [2.24, 2.45) is 0 Å². The Bertz CT molecular complexity index is 684. The Morgan fingerprint density at radius 1 is 1.36 bits per heavy atom. The van der Waals surface area contributed by atoms with Crippen LogP contribution < -0.4 is 5.73 Å². The summed E-state index contributed by atoms with van der Waals surface area (Å²) < 4.78 is 0. The lowest BCUT2D eigenvalue weighted by Crippen LogP contribution is -2.36. The molecule has 0 aliphatic carbocycles. The lowest BCUT2D eigenvalue weighted by atomic mass is 9.97. The summed E-state index contributed by atoms with van der Waals surface area (Å²) in [4.78, 5) is 14.4. The van der Waals surface area contributed by atoms with Gasteiger partial charge in [-0.1, -0.05) is 30.3 Å². The SMILES string of the molecule is Nc1sc2c(c1C(=O)O)CCN(Cc1ccccc1)C2CO. The average Bonchev–Trinajstić information content (AvgIpc) is 2.84. The Kier molecular flexibility index (Phi) is 4.15. The van der Waals surface area contributed by atoms with E-state index >= 15 is 0 Å². The molecule has 0 saturated heterocycles. The van der Waals surface area contributed by atoms with E-state index in [1.807, 2.05) is 18.2 Å². The normalized spacial score (nSPS) is 18.1. The summed E-state index contributed by atoms with van der Waals surface area (Å²) in [5.74, 6) is -0.983. The largest absolute Gasteiger partial charge is 0.478 e. The number of aliphatic hydroxyl groups is 1. The third-order valence-corrected chi connectivity index (χ3v) is 5.24. The number of rotatable bonds is 4. The highest BCUT2D eigenvalue weighted by atomic mass is 32.1. The van der Waals surface area contributed by atoms with Gasteiger partial charge in [0.05, 0.1) is 18.2 Å². The number of hydrogen-bond donors (Lipinski definition) is 3. The Morgan fingerprint density at radius 3 is 2.73 bits per heavy atom. The summed E-state index contributed by atoms with van der Waals surface area (Å²) in [7, 11) is 0. The number of hydrogen-bond acceptors (Lipinski definition) is 5. The number of aromatic carboxylic acids is 1. The molecule has 0 fully saturated rings. The van der Waals surface area contributed by atoms with Crippen LogP contribution in [0.5, 0.6) is 0 Å². The van der Waals surface area contributed by atoms with Crippen LogP contribution in [0.2, 0.25) is 0 Å². The van der Waals surface area contributed by atoms with Gasteiger partial charge in [-0.15, -0.1) is 11.3 Å². The summed E-state index contributed by atoms with van der Waals surface area (Å²) in [5, 5.41) is 19.5. The predicted octanol–water partition coefficient (Wildman–Crippen LogP) is 2.12. The Labute approximate surface area is 132 Å². The number of fused-ring (bicyclic) bond motifs is 1. The Hall–Kier alpha value is -1.89. The minimum absolute atomic E-state index is 0.0428. The predicted molar refractivity (Wildman–Crippen MR) is 86.1 cm³/mol. The third-order valence-electron chi connectivity index (χ3n) is 4.07. The second-order valence-corrected chi connectivity index (χ2v) is 6.48. The zero-order chi connectivity index (χ0) is 15.7. The van der Waals surface area contributed by atoms with Crippen molar-refractivity contribution >= 4 is 22.3 Å². The van der Waals surface area contributed by atoms with Gasteiger partial charge in [0.1, 0.15) is 5.00 Å². The fourth-order valence-corrected chi connectivity index (χ4v) is 4.27. The molecule has 116 valence electrons.